The van der Waals surface area contributed by atoms with Gasteiger partial charge in [0.15, 0.2) is 0 Å². The Kier molecular flexibility index (Phi) is 6.40. The lowest BCUT2D eigenvalue weighted by atomic mass is 9.83. The third-order valence-corrected chi connectivity index (χ3v) is 4.73. The van der Waals surface area contributed by atoms with Gasteiger partial charge in [-0.15, -0.1) is 0 Å². The van der Waals surface area contributed by atoms with E-state index in [2.05, 4.69) is 13.2 Å². The van der Waals surface area contributed by atoms with Crippen LogP contribution in [0.1, 0.15) is 18.4 Å². The van der Waals surface area contributed by atoms with Crippen molar-refractivity contribution in [3.8, 4) is 0 Å². The van der Waals surface area contributed by atoms with Crippen molar-refractivity contribution in [1.29, 1.82) is 0 Å². The molecule has 1 saturated heterocycles. The van der Waals surface area contributed by atoms with E-state index in [0.29, 0.717) is 13.1 Å². The van der Waals surface area contributed by atoms with E-state index >= 15 is 0 Å². The summed E-state index contributed by atoms with van der Waals surface area (Å²) in [5.41, 5.74) is 5.89. The molecule has 1 aliphatic rings. The molecule has 1 aromatic carbocycles. The van der Waals surface area contributed by atoms with Crippen molar-refractivity contribution in [2.45, 2.75) is 31.2 Å². The second kappa shape index (κ2) is 8.30. The lowest BCUT2D eigenvalue weighted by Gasteiger charge is -2.25. The van der Waals surface area contributed by atoms with Gasteiger partial charge in [0.2, 0.25) is 5.91 Å². The summed E-state index contributed by atoms with van der Waals surface area (Å²) in [6.07, 6.45) is 2.64. The number of carboxylic acid groups (broad SMARTS) is 1. The van der Waals surface area contributed by atoms with E-state index in [0.717, 1.165) is 24.7 Å². The van der Waals surface area contributed by atoms with Crippen LogP contribution in [0.3, 0.4) is 0 Å². The van der Waals surface area contributed by atoms with Crippen LogP contribution in [0, 0.1) is 5.92 Å². The molecule has 1 aliphatic heterocycles. The number of carbonyl (C=O) groups excluding carboxylic acids is 1. The first-order valence-corrected chi connectivity index (χ1v) is 8.52. The molecule has 1 aromatic rings. The Morgan fingerprint density at radius 2 is 2.08 bits per heavy atom. The average molecular weight is 331 g/mol. The van der Waals surface area contributed by atoms with Crippen molar-refractivity contribution in [3.05, 3.63) is 35.9 Å². The van der Waals surface area contributed by atoms with Crippen molar-refractivity contribution in [1.82, 2.24) is 10.2 Å². The van der Waals surface area contributed by atoms with Crippen LogP contribution in [0.5, 0.6) is 0 Å². The molecule has 2 rings (SSSR count). The van der Waals surface area contributed by atoms with Crippen LogP contribution < -0.4 is 11.1 Å². The second-order valence-corrected chi connectivity index (χ2v) is 6.55. The molecule has 4 N–H and O–H groups in total. The van der Waals surface area contributed by atoms with E-state index in [1.165, 1.54) is 0 Å². The summed E-state index contributed by atoms with van der Waals surface area (Å²) >= 11 is 0. The fraction of sp³-hybridized carbons (Fsp3) is 0.529. The molecule has 1 amide bonds. The molecule has 24 heavy (non-hydrogen) atoms. The number of aliphatic carboxylic acids is 1. The fourth-order valence-electron chi connectivity index (χ4n) is 3.19. The predicted octanol–water partition coefficient (Wildman–Crippen LogP) is -0.152. The maximum atomic E-state index is 12.4. The molecule has 0 radical (unpaired) electrons. The lowest BCUT2D eigenvalue weighted by molar-refractivity contribution is -0.144. The fourth-order valence-corrected chi connectivity index (χ4v) is 3.19. The minimum absolute atomic E-state index is 0.0859. The predicted molar refractivity (Wildman–Crippen MR) is 95.4 cm³/mol. The number of nitrogens with one attached hydrogen (secondary N) is 1. The minimum Gasteiger partial charge on any atom is -0.480 e. The molecule has 0 saturated carbocycles. The van der Waals surface area contributed by atoms with E-state index in [-0.39, 0.29) is 24.9 Å². The first-order chi connectivity index (χ1) is 11.5. The maximum Gasteiger partial charge on any atom is 0.325 e. The average Bonchev–Trinajstić information content (AvgIpc) is 2.92. The molecular formula is C17H26BN3O3. The Labute approximate surface area is 143 Å². The number of carbonyl (C=O) groups is 2. The van der Waals surface area contributed by atoms with Gasteiger partial charge in [0, 0.05) is 25.6 Å². The summed E-state index contributed by atoms with van der Waals surface area (Å²) in [4.78, 5) is 25.6. The molecule has 0 spiro atoms. The number of hydrogen-bond donors (Lipinski definition) is 3. The smallest absolute Gasteiger partial charge is 0.325 e. The normalized spacial score (nSPS) is 23.4. The number of amides is 1. The van der Waals surface area contributed by atoms with Crippen LogP contribution in [-0.4, -0.2) is 54.9 Å². The molecule has 0 aromatic heterocycles. The number of nitrogens with two attached hydrogens (primary N) is 1. The van der Waals surface area contributed by atoms with Crippen LogP contribution >= 0.6 is 0 Å². The van der Waals surface area contributed by atoms with Crippen LogP contribution in [0.15, 0.2) is 30.3 Å². The Bertz CT molecular complexity index is 569. The molecule has 130 valence electrons. The van der Waals surface area contributed by atoms with Crippen molar-refractivity contribution >= 4 is 19.7 Å². The molecule has 7 heteroatoms. The first kappa shape index (κ1) is 18.5. The van der Waals surface area contributed by atoms with E-state index in [1.54, 1.807) is 4.90 Å². The van der Waals surface area contributed by atoms with Crippen molar-refractivity contribution in [2.24, 2.45) is 11.7 Å². The standard InChI is InChI=1S/C17H26BN3O3/c18-8-4-7-14-11-21(12-17(14,19)16(23)24)15(22)10-20-9-13-5-2-1-3-6-13/h1-3,5-6,14,20H,4,7-12,18-19H2,(H,23,24)/t14-,17-/m0/s1. The van der Waals surface area contributed by atoms with Gasteiger partial charge >= 0.3 is 5.97 Å². The highest BCUT2D eigenvalue weighted by molar-refractivity contribution is 6.08. The number of rotatable bonds is 8. The van der Waals surface area contributed by atoms with E-state index in [1.807, 2.05) is 30.3 Å². The highest BCUT2D eigenvalue weighted by Gasteiger charge is 2.50. The highest BCUT2D eigenvalue weighted by Crippen LogP contribution is 2.30. The topological polar surface area (TPSA) is 95.7 Å². The molecule has 1 heterocycles. The maximum absolute atomic E-state index is 12.4. The van der Waals surface area contributed by atoms with E-state index in [9.17, 15) is 14.7 Å². The van der Waals surface area contributed by atoms with Crippen LogP contribution in [0.25, 0.3) is 0 Å². The SMILES string of the molecule is BCCC[C@H]1CN(C(=O)CNCc2ccccc2)C[C@@]1(N)C(=O)O. The molecular weight excluding hydrogens is 305 g/mol. The Morgan fingerprint density at radius 3 is 2.71 bits per heavy atom. The largest absolute Gasteiger partial charge is 0.480 e. The summed E-state index contributed by atoms with van der Waals surface area (Å²) in [6.45, 7) is 1.30. The summed E-state index contributed by atoms with van der Waals surface area (Å²) in [6, 6.07) is 9.83. The van der Waals surface area contributed by atoms with Gasteiger partial charge in [-0.1, -0.05) is 43.1 Å². The van der Waals surface area contributed by atoms with Gasteiger partial charge in [-0.2, -0.15) is 0 Å². The number of benzene rings is 1. The van der Waals surface area contributed by atoms with E-state index < -0.39 is 11.5 Å². The van der Waals surface area contributed by atoms with Crippen molar-refractivity contribution < 1.29 is 14.7 Å². The highest BCUT2D eigenvalue weighted by atomic mass is 16.4. The number of carboxylic acids is 1. The van der Waals surface area contributed by atoms with Gasteiger partial charge in [-0.3, -0.25) is 9.59 Å². The zero-order chi connectivity index (χ0) is 17.6. The zero-order valence-electron chi connectivity index (χ0n) is 14.2. The Balaban J connectivity index is 1.89. The molecule has 6 nitrogen and oxygen atoms in total. The minimum atomic E-state index is -1.33. The third-order valence-electron chi connectivity index (χ3n) is 4.73. The van der Waals surface area contributed by atoms with Gasteiger partial charge < -0.3 is 21.1 Å². The van der Waals surface area contributed by atoms with Gasteiger partial charge in [-0.25, -0.2) is 0 Å². The van der Waals surface area contributed by atoms with Gasteiger partial charge in [0.1, 0.15) is 13.4 Å². The molecule has 2 atom stereocenters. The van der Waals surface area contributed by atoms with Crippen LogP contribution in [0.4, 0.5) is 0 Å². The second-order valence-electron chi connectivity index (χ2n) is 6.55. The molecule has 1 fully saturated rings. The molecule has 0 aliphatic carbocycles. The third kappa shape index (κ3) is 4.36. The van der Waals surface area contributed by atoms with Crippen molar-refractivity contribution in [3.63, 3.8) is 0 Å². The van der Waals surface area contributed by atoms with Gasteiger partial charge in [-0.05, 0) is 12.0 Å². The molecule has 0 bridgehead atoms. The van der Waals surface area contributed by atoms with Gasteiger partial charge in [0.25, 0.3) is 0 Å². The van der Waals surface area contributed by atoms with Crippen molar-refractivity contribution in [2.75, 3.05) is 19.6 Å². The number of hydrogen-bond acceptors (Lipinski definition) is 4. The lowest BCUT2D eigenvalue weighted by Crippen LogP contribution is -2.55. The first-order valence-electron chi connectivity index (χ1n) is 8.52. The zero-order valence-corrected chi connectivity index (χ0v) is 14.2. The molecule has 0 unspecified atom stereocenters. The Morgan fingerprint density at radius 1 is 1.38 bits per heavy atom. The van der Waals surface area contributed by atoms with E-state index in [4.69, 9.17) is 5.73 Å². The summed E-state index contributed by atoms with van der Waals surface area (Å²) in [7, 11) is 2.06. The Hall–Kier alpha value is -1.86. The van der Waals surface area contributed by atoms with Gasteiger partial charge in [0.05, 0.1) is 6.54 Å². The van der Waals surface area contributed by atoms with Crippen LogP contribution in [-0.2, 0) is 16.1 Å². The number of nitrogens with zero attached hydrogens (tertiary/aromatic N) is 1. The summed E-state index contributed by atoms with van der Waals surface area (Å²) in [5.74, 6) is -1.30. The monoisotopic (exact) mass is 331 g/mol. The summed E-state index contributed by atoms with van der Waals surface area (Å²) < 4.78 is 0. The number of likely N-dealkylation sites (tertiary alicyclic amines) is 1. The van der Waals surface area contributed by atoms with Crippen LogP contribution in [0.2, 0.25) is 6.32 Å². The summed E-state index contributed by atoms with van der Waals surface area (Å²) in [5, 5.41) is 12.6. The quantitative estimate of drug-likeness (QED) is 0.576.